The molecule has 172 valence electrons. The Balaban J connectivity index is 1.24. The second-order valence-corrected chi connectivity index (χ2v) is 8.86. The average Bonchev–Trinajstić information content (AvgIpc) is 3.02. The maximum Gasteiger partial charge on any atom is 0.254 e. The number of benzene rings is 1. The number of aromatic nitrogens is 3. The molecule has 0 saturated carbocycles. The number of rotatable bonds is 4. The van der Waals surface area contributed by atoms with Crippen molar-refractivity contribution in [3.05, 3.63) is 53.5 Å². The van der Waals surface area contributed by atoms with Crippen molar-refractivity contribution >= 4 is 28.7 Å². The summed E-state index contributed by atoms with van der Waals surface area (Å²) >= 11 is 0. The molecule has 1 fully saturated rings. The Kier molecular flexibility index (Phi) is 5.98. The Hall–Kier alpha value is -3.42. The molecule has 2 aromatic heterocycles. The molecule has 1 N–H and O–H groups in total. The van der Waals surface area contributed by atoms with Crippen LogP contribution in [0.1, 0.15) is 41.1 Å². The molecule has 2 amide bonds. The standard InChI is InChI=1S/C25H30N6O2/c1-18-16-20(23-24(27-18)31-11-7-3-6-10-21(31)28-23)25(33)26-17-22(32)30-14-12-29(13-15-30)19-8-4-2-5-9-19/h2,4-5,8-9,16H,3,6-7,10-15,17H2,1H3,(H,26,33). The highest BCUT2D eigenvalue weighted by Gasteiger charge is 2.24. The minimum absolute atomic E-state index is 0.0133. The molecule has 3 aromatic rings. The van der Waals surface area contributed by atoms with Gasteiger partial charge in [-0.1, -0.05) is 24.6 Å². The van der Waals surface area contributed by atoms with Crippen molar-refractivity contribution in [2.45, 2.75) is 39.2 Å². The van der Waals surface area contributed by atoms with Gasteiger partial charge in [-0.25, -0.2) is 9.97 Å². The van der Waals surface area contributed by atoms with Crippen molar-refractivity contribution in [1.82, 2.24) is 24.8 Å². The minimum atomic E-state index is -0.268. The lowest BCUT2D eigenvalue weighted by atomic mass is 10.2. The van der Waals surface area contributed by atoms with E-state index in [4.69, 9.17) is 4.98 Å². The molecule has 0 bridgehead atoms. The van der Waals surface area contributed by atoms with Gasteiger partial charge in [0, 0.05) is 50.5 Å². The summed E-state index contributed by atoms with van der Waals surface area (Å²) in [6, 6.07) is 12.0. The normalized spacial score (nSPS) is 16.4. The molecule has 8 nitrogen and oxygen atoms in total. The maximum atomic E-state index is 13.0. The molecule has 0 aliphatic carbocycles. The fourth-order valence-corrected chi connectivity index (χ4v) is 4.80. The summed E-state index contributed by atoms with van der Waals surface area (Å²) in [4.78, 5) is 39.4. The summed E-state index contributed by atoms with van der Waals surface area (Å²) in [7, 11) is 0. The van der Waals surface area contributed by atoms with Crippen molar-refractivity contribution in [1.29, 1.82) is 0 Å². The predicted molar refractivity (Wildman–Crippen MR) is 127 cm³/mol. The van der Waals surface area contributed by atoms with E-state index in [0.717, 1.165) is 56.1 Å². The number of fused-ring (bicyclic) bond motifs is 3. The van der Waals surface area contributed by atoms with Crippen LogP contribution in [0.4, 0.5) is 5.69 Å². The zero-order valence-corrected chi connectivity index (χ0v) is 19.1. The van der Waals surface area contributed by atoms with Crippen LogP contribution in [-0.4, -0.2) is 64.0 Å². The summed E-state index contributed by atoms with van der Waals surface area (Å²) in [5.74, 6) is 0.677. The summed E-state index contributed by atoms with van der Waals surface area (Å²) < 4.78 is 2.16. The van der Waals surface area contributed by atoms with Gasteiger partial charge in [0.2, 0.25) is 5.91 Å². The third kappa shape index (κ3) is 4.42. The highest BCUT2D eigenvalue weighted by atomic mass is 16.2. The first-order chi connectivity index (χ1) is 16.1. The summed E-state index contributed by atoms with van der Waals surface area (Å²) in [6.07, 6.45) is 4.30. The van der Waals surface area contributed by atoms with E-state index in [0.29, 0.717) is 24.2 Å². The Bertz CT molecular complexity index is 1160. The minimum Gasteiger partial charge on any atom is -0.368 e. The van der Waals surface area contributed by atoms with E-state index in [2.05, 4.69) is 31.9 Å². The maximum absolute atomic E-state index is 13.0. The molecule has 1 saturated heterocycles. The number of piperazine rings is 1. The van der Waals surface area contributed by atoms with Crippen LogP contribution in [0.5, 0.6) is 0 Å². The van der Waals surface area contributed by atoms with E-state index in [1.807, 2.05) is 30.0 Å². The zero-order valence-electron chi connectivity index (χ0n) is 19.1. The van der Waals surface area contributed by atoms with Crippen LogP contribution in [0.15, 0.2) is 36.4 Å². The molecule has 0 atom stereocenters. The van der Waals surface area contributed by atoms with Crippen molar-refractivity contribution in [2.75, 3.05) is 37.6 Å². The van der Waals surface area contributed by atoms with Crippen molar-refractivity contribution < 1.29 is 9.59 Å². The highest BCUT2D eigenvalue weighted by molar-refractivity contribution is 6.05. The fourth-order valence-electron chi connectivity index (χ4n) is 4.80. The van der Waals surface area contributed by atoms with Crippen LogP contribution in [0.3, 0.4) is 0 Å². The molecule has 33 heavy (non-hydrogen) atoms. The topological polar surface area (TPSA) is 83.4 Å². The summed E-state index contributed by atoms with van der Waals surface area (Å²) in [6.45, 7) is 5.63. The second kappa shape index (κ2) is 9.21. The lowest BCUT2D eigenvalue weighted by Gasteiger charge is -2.36. The number of hydrogen-bond acceptors (Lipinski definition) is 5. The van der Waals surface area contributed by atoms with Crippen LogP contribution >= 0.6 is 0 Å². The van der Waals surface area contributed by atoms with E-state index < -0.39 is 0 Å². The van der Waals surface area contributed by atoms with Gasteiger partial charge in [0.1, 0.15) is 11.3 Å². The SMILES string of the molecule is Cc1cc(C(=O)NCC(=O)N2CCN(c3ccccc3)CC2)c2nc3n(c2n1)CCCCC3. The number of amides is 2. The van der Waals surface area contributed by atoms with Crippen molar-refractivity contribution in [2.24, 2.45) is 0 Å². The van der Waals surface area contributed by atoms with Gasteiger partial charge in [0.15, 0.2) is 5.65 Å². The Morgan fingerprint density at radius 3 is 2.55 bits per heavy atom. The van der Waals surface area contributed by atoms with Gasteiger partial charge in [-0.15, -0.1) is 0 Å². The number of anilines is 1. The average molecular weight is 447 g/mol. The van der Waals surface area contributed by atoms with E-state index in [1.54, 1.807) is 6.07 Å². The molecule has 2 aliphatic heterocycles. The molecular weight excluding hydrogens is 416 g/mol. The molecule has 0 unspecified atom stereocenters. The fraction of sp³-hybridized carbons (Fsp3) is 0.440. The number of para-hydroxylation sites is 1. The summed E-state index contributed by atoms with van der Waals surface area (Å²) in [5, 5.41) is 2.83. The predicted octanol–water partition coefficient (Wildman–Crippen LogP) is 2.54. The van der Waals surface area contributed by atoms with Gasteiger partial charge < -0.3 is 19.7 Å². The number of nitrogens with zero attached hydrogens (tertiary/aromatic N) is 5. The number of nitrogens with one attached hydrogen (secondary N) is 1. The monoisotopic (exact) mass is 446 g/mol. The highest BCUT2D eigenvalue weighted by Crippen LogP contribution is 2.24. The first-order valence-electron chi connectivity index (χ1n) is 11.8. The van der Waals surface area contributed by atoms with Gasteiger partial charge in [0.05, 0.1) is 12.1 Å². The first-order valence-corrected chi connectivity index (χ1v) is 11.8. The van der Waals surface area contributed by atoms with Gasteiger partial charge >= 0.3 is 0 Å². The largest absolute Gasteiger partial charge is 0.368 e. The Labute approximate surface area is 193 Å². The number of carbonyl (C=O) groups excluding carboxylic acids is 2. The molecule has 0 spiro atoms. The number of aryl methyl sites for hydroxylation is 3. The molecule has 4 heterocycles. The number of imidazole rings is 1. The third-order valence-electron chi connectivity index (χ3n) is 6.59. The van der Waals surface area contributed by atoms with Crippen molar-refractivity contribution in [3.8, 4) is 0 Å². The van der Waals surface area contributed by atoms with Crippen molar-refractivity contribution in [3.63, 3.8) is 0 Å². The lowest BCUT2D eigenvalue weighted by Crippen LogP contribution is -2.51. The molecule has 8 heteroatoms. The lowest BCUT2D eigenvalue weighted by molar-refractivity contribution is -0.130. The van der Waals surface area contributed by atoms with Crippen LogP contribution in [0.2, 0.25) is 0 Å². The molecule has 5 rings (SSSR count). The third-order valence-corrected chi connectivity index (χ3v) is 6.59. The number of pyridine rings is 1. The van der Waals surface area contributed by atoms with Crippen LogP contribution in [0.25, 0.3) is 11.2 Å². The quantitative estimate of drug-likeness (QED) is 0.666. The Morgan fingerprint density at radius 2 is 1.76 bits per heavy atom. The van der Waals surface area contributed by atoms with Crippen LogP contribution in [0, 0.1) is 6.92 Å². The van der Waals surface area contributed by atoms with Gasteiger partial charge in [-0.2, -0.15) is 0 Å². The summed E-state index contributed by atoms with van der Waals surface area (Å²) in [5.41, 5.74) is 3.87. The second-order valence-electron chi connectivity index (χ2n) is 8.86. The molecule has 0 radical (unpaired) electrons. The Morgan fingerprint density at radius 1 is 0.970 bits per heavy atom. The number of hydrogen-bond donors (Lipinski definition) is 1. The molecular formula is C25H30N6O2. The van der Waals surface area contributed by atoms with Crippen LogP contribution in [-0.2, 0) is 17.8 Å². The van der Waals surface area contributed by atoms with E-state index in [-0.39, 0.29) is 18.4 Å². The van der Waals surface area contributed by atoms with Gasteiger partial charge in [0.25, 0.3) is 5.91 Å². The molecule has 2 aliphatic rings. The molecule has 1 aromatic carbocycles. The van der Waals surface area contributed by atoms with Crippen LogP contribution < -0.4 is 10.2 Å². The van der Waals surface area contributed by atoms with E-state index in [1.165, 1.54) is 12.1 Å². The smallest absolute Gasteiger partial charge is 0.254 e. The first kappa shape index (κ1) is 21.4. The van der Waals surface area contributed by atoms with E-state index in [9.17, 15) is 9.59 Å². The zero-order chi connectivity index (χ0) is 22.8. The van der Waals surface area contributed by atoms with Gasteiger partial charge in [-0.3, -0.25) is 9.59 Å². The number of carbonyl (C=O) groups is 2. The van der Waals surface area contributed by atoms with Gasteiger partial charge in [-0.05, 0) is 38.0 Å². The van der Waals surface area contributed by atoms with E-state index >= 15 is 0 Å².